The molecule has 0 radical (unpaired) electrons. The molecule has 0 spiro atoms. The maximum Gasteiger partial charge on any atom is 0.426 e. The first-order valence-corrected chi connectivity index (χ1v) is 5.43. The molecule has 0 atom stereocenters. The molecule has 5 heteroatoms. The first-order chi connectivity index (χ1) is 7.88. The number of carbonyl (C=O) groups is 1. The van der Waals surface area contributed by atoms with Gasteiger partial charge in [-0.2, -0.15) is 0 Å². The smallest absolute Gasteiger partial charge is 0.426 e. The summed E-state index contributed by atoms with van der Waals surface area (Å²) < 4.78 is 5.07. The summed E-state index contributed by atoms with van der Waals surface area (Å²) in [6, 6.07) is 0. The van der Waals surface area contributed by atoms with Crippen molar-refractivity contribution < 1.29 is 9.53 Å². The van der Waals surface area contributed by atoms with Crippen molar-refractivity contribution in [1.29, 1.82) is 0 Å². The van der Waals surface area contributed by atoms with Gasteiger partial charge in [0.15, 0.2) is 0 Å². The van der Waals surface area contributed by atoms with Gasteiger partial charge in [-0.1, -0.05) is 12.7 Å². The predicted octanol–water partition coefficient (Wildman–Crippen LogP) is 1.57. The molecule has 1 amide bonds. The molecule has 0 aromatic carbocycles. The molecule has 5 nitrogen and oxygen atoms in total. The molecular weight excluding hydrogens is 218 g/mol. The van der Waals surface area contributed by atoms with E-state index in [1.54, 1.807) is 20.8 Å². The Kier molecular flexibility index (Phi) is 4.20. The second-order valence-corrected chi connectivity index (χ2v) is 4.63. The van der Waals surface area contributed by atoms with Crippen molar-refractivity contribution in [2.45, 2.75) is 26.4 Å². The Balaban J connectivity index is 2.36. The molecule has 0 saturated carbocycles. The number of carbonyl (C=O) groups excluding carboxylic acids is 1. The van der Waals surface area contributed by atoms with Crippen LogP contribution in [0, 0.1) is 0 Å². The van der Waals surface area contributed by atoms with Crippen LogP contribution in [0.3, 0.4) is 0 Å². The Morgan fingerprint density at radius 2 is 2.18 bits per heavy atom. The number of allylic oxidation sites excluding steroid dienone is 1. The minimum absolute atomic E-state index is 0.513. The predicted molar refractivity (Wildman–Crippen MR) is 66.9 cm³/mol. The fourth-order valence-electron chi connectivity index (χ4n) is 1.18. The fraction of sp³-hybridized carbons (Fsp3) is 0.417. The summed E-state index contributed by atoms with van der Waals surface area (Å²) in [6.07, 6.45) is 5.13. The van der Waals surface area contributed by atoms with Gasteiger partial charge in [0.1, 0.15) is 5.60 Å². The topological polar surface area (TPSA) is 62.4 Å². The van der Waals surface area contributed by atoms with Gasteiger partial charge in [0.2, 0.25) is 0 Å². The molecule has 94 valence electrons. The van der Waals surface area contributed by atoms with Crippen LogP contribution < -0.4 is 16.2 Å². The number of rotatable bonds is 3. The highest BCUT2D eigenvalue weighted by Crippen LogP contribution is 2.08. The number of nitrogens with one attached hydrogen (secondary N) is 3. The van der Waals surface area contributed by atoms with E-state index in [9.17, 15) is 4.79 Å². The molecule has 0 saturated heterocycles. The lowest BCUT2D eigenvalue weighted by Gasteiger charge is -2.21. The zero-order chi connectivity index (χ0) is 12.9. The van der Waals surface area contributed by atoms with E-state index in [1.807, 2.05) is 18.4 Å². The van der Waals surface area contributed by atoms with E-state index in [2.05, 4.69) is 22.7 Å². The van der Waals surface area contributed by atoms with Crippen molar-refractivity contribution >= 4 is 6.09 Å². The molecule has 0 aromatic rings. The van der Waals surface area contributed by atoms with Crippen molar-refractivity contribution in [2.24, 2.45) is 0 Å². The molecule has 1 heterocycles. The van der Waals surface area contributed by atoms with E-state index in [1.165, 1.54) is 0 Å². The van der Waals surface area contributed by atoms with E-state index >= 15 is 0 Å². The molecule has 17 heavy (non-hydrogen) atoms. The molecule has 1 rings (SSSR count). The Labute approximate surface area is 102 Å². The van der Waals surface area contributed by atoms with Crippen LogP contribution in [0.25, 0.3) is 0 Å². The number of dihydropyridines is 1. The van der Waals surface area contributed by atoms with Crippen LogP contribution >= 0.6 is 0 Å². The Bertz CT molecular complexity index is 364. The lowest BCUT2D eigenvalue weighted by atomic mass is 10.1. The Morgan fingerprint density at radius 1 is 1.47 bits per heavy atom. The second-order valence-electron chi connectivity index (χ2n) is 4.63. The number of hydrogen-bond acceptors (Lipinski definition) is 4. The van der Waals surface area contributed by atoms with Crippen molar-refractivity contribution in [2.75, 3.05) is 6.54 Å². The first-order valence-electron chi connectivity index (χ1n) is 5.43. The lowest BCUT2D eigenvalue weighted by Crippen LogP contribution is -2.40. The molecule has 3 N–H and O–H groups in total. The third-order valence-electron chi connectivity index (χ3n) is 1.88. The summed E-state index contributed by atoms with van der Waals surface area (Å²) in [5.41, 5.74) is 6.18. The van der Waals surface area contributed by atoms with Gasteiger partial charge in [0.25, 0.3) is 0 Å². The number of hydrazine groups is 1. The third-order valence-corrected chi connectivity index (χ3v) is 1.88. The Morgan fingerprint density at radius 3 is 2.71 bits per heavy atom. The van der Waals surface area contributed by atoms with Crippen LogP contribution in [0.15, 0.2) is 36.2 Å². The molecule has 0 fully saturated rings. The highest BCUT2D eigenvalue weighted by molar-refractivity contribution is 5.67. The lowest BCUT2D eigenvalue weighted by molar-refractivity contribution is 0.0507. The van der Waals surface area contributed by atoms with Crippen molar-refractivity contribution in [1.82, 2.24) is 16.2 Å². The van der Waals surface area contributed by atoms with Gasteiger partial charge in [-0.05, 0) is 38.6 Å². The average Bonchev–Trinajstić information content (AvgIpc) is 2.25. The average molecular weight is 237 g/mol. The van der Waals surface area contributed by atoms with Gasteiger partial charge in [0, 0.05) is 6.54 Å². The monoisotopic (exact) mass is 237 g/mol. The maximum absolute atomic E-state index is 11.4. The number of hydrogen-bond donors (Lipinski definition) is 3. The normalized spacial score (nSPS) is 14.4. The summed E-state index contributed by atoms with van der Waals surface area (Å²) in [5.74, 6) is 0. The van der Waals surface area contributed by atoms with Crippen molar-refractivity contribution in [3.05, 3.63) is 36.2 Å². The van der Waals surface area contributed by atoms with Crippen molar-refractivity contribution in [3.8, 4) is 0 Å². The summed E-state index contributed by atoms with van der Waals surface area (Å²) in [5, 5.41) is 3.03. The van der Waals surface area contributed by atoms with Crippen molar-refractivity contribution in [3.63, 3.8) is 0 Å². The second kappa shape index (κ2) is 5.43. The minimum Gasteiger partial charge on any atom is -0.443 e. The van der Waals surface area contributed by atoms with E-state index < -0.39 is 11.7 Å². The van der Waals surface area contributed by atoms with E-state index in [-0.39, 0.29) is 0 Å². The fourth-order valence-corrected chi connectivity index (χ4v) is 1.18. The summed E-state index contributed by atoms with van der Waals surface area (Å²) in [7, 11) is 0. The molecule has 1 aliphatic rings. The van der Waals surface area contributed by atoms with Gasteiger partial charge >= 0.3 is 6.09 Å². The van der Waals surface area contributed by atoms with Crippen LogP contribution in [-0.4, -0.2) is 18.2 Å². The third kappa shape index (κ3) is 5.10. The zero-order valence-corrected chi connectivity index (χ0v) is 10.5. The van der Waals surface area contributed by atoms with Crippen LogP contribution in [-0.2, 0) is 4.74 Å². The van der Waals surface area contributed by atoms with Gasteiger partial charge in [0.05, 0.1) is 5.70 Å². The van der Waals surface area contributed by atoms with E-state index in [0.717, 1.165) is 12.1 Å². The quantitative estimate of drug-likeness (QED) is 0.652. The van der Waals surface area contributed by atoms with Crippen LogP contribution in [0.5, 0.6) is 0 Å². The summed E-state index contributed by atoms with van der Waals surface area (Å²) in [4.78, 5) is 11.4. The SMILES string of the molecule is C=C(NNC(=O)OC(C)(C)C)C1=CCNC=C1. The van der Waals surface area contributed by atoms with E-state index in [0.29, 0.717) is 5.70 Å². The largest absolute Gasteiger partial charge is 0.443 e. The molecular formula is C12H19N3O2. The molecule has 1 aliphatic heterocycles. The standard InChI is InChI=1S/C12H19N3O2/c1-9(10-5-7-13-8-6-10)14-15-11(16)17-12(2,3)4/h5-7,13-14H,1,8H2,2-4H3,(H,15,16). The summed E-state index contributed by atoms with van der Waals surface area (Å²) >= 11 is 0. The van der Waals surface area contributed by atoms with Gasteiger partial charge in [-0.15, -0.1) is 0 Å². The van der Waals surface area contributed by atoms with Crippen LogP contribution in [0.4, 0.5) is 4.79 Å². The summed E-state index contributed by atoms with van der Waals surface area (Å²) in [6.45, 7) is 9.98. The molecule has 0 bridgehead atoms. The maximum atomic E-state index is 11.4. The molecule has 0 aliphatic carbocycles. The first kappa shape index (κ1) is 13.2. The van der Waals surface area contributed by atoms with Crippen LogP contribution in [0.2, 0.25) is 0 Å². The number of amides is 1. The highest BCUT2D eigenvalue weighted by Gasteiger charge is 2.15. The minimum atomic E-state index is -0.530. The molecule has 0 unspecified atom stereocenters. The van der Waals surface area contributed by atoms with Crippen LogP contribution in [0.1, 0.15) is 20.8 Å². The molecule has 0 aromatic heterocycles. The Hall–Kier alpha value is -1.91. The highest BCUT2D eigenvalue weighted by atomic mass is 16.6. The zero-order valence-electron chi connectivity index (χ0n) is 10.5. The van der Waals surface area contributed by atoms with Gasteiger partial charge < -0.3 is 10.1 Å². The van der Waals surface area contributed by atoms with Gasteiger partial charge in [-0.25, -0.2) is 10.2 Å². The number of ether oxygens (including phenoxy) is 1. The van der Waals surface area contributed by atoms with E-state index in [4.69, 9.17) is 4.74 Å². The van der Waals surface area contributed by atoms with Gasteiger partial charge in [-0.3, -0.25) is 5.43 Å².